The molecule has 1 fully saturated rings. The highest BCUT2D eigenvalue weighted by Crippen LogP contribution is 2.17. The second-order valence-corrected chi connectivity index (χ2v) is 2.53. The molecule has 0 aliphatic heterocycles. The number of carbonyl (C=O) groups is 1. The van der Waals surface area contributed by atoms with E-state index in [9.17, 15) is 4.79 Å². The molecule has 1 amide bonds. The van der Waals surface area contributed by atoms with Crippen LogP contribution < -0.4 is 5.32 Å². The van der Waals surface area contributed by atoms with Gasteiger partial charge in [0, 0.05) is 6.04 Å². The molecule has 3 nitrogen and oxygen atoms in total. The highest BCUT2D eigenvalue weighted by molar-refractivity contribution is 5.78. The maximum Gasteiger partial charge on any atom is 0.234 e. The smallest absolute Gasteiger partial charge is 0.234 e. The monoisotopic (exact) mass is 138 g/mol. The summed E-state index contributed by atoms with van der Waals surface area (Å²) in [6.07, 6.45) is 3.36. The fourth-order valence-electron chi connectivity index (χ4n) is 0.903. The summed E-state index contributed by atoms with van der Waals surface area (Å²) in [6.45, 7) is 0. The van der Waals surface area contributed by atoms with Crippen molar-refractivity contribution in [1.82, 2.24) is 5.32 Å². The van der Waals surface area contributed by atoms with Crippen molar-refractivity contribution in [2.75, 3.05) is 0 Å². The quantitative estimate of drug-likeness (QED) is 0.606. The zero-order valence-electron chi connectivity index (χ0n) is 5.76. The molecular weight excluding hydrogens is 128 g/mol. The summed E-state index contributed by atoms with van der Waals surface area (Å²) < 4.78 is 0. The normalized spacial score (nSPS) is 17.1. The number of carbonyl (C=O) groups excluding carboxylic acids is 1. The summed E-state index contributed by atoms with van der Waals surface area (Å²) in [7, 11) is 0. The van der Waals surface area contributed by atoms with Crippen LogP contribution in [0.3, 0.4) is 0 Å². The third-order valence-corrected chi connectivity index (χ3v) is 1.71. The standard InChI is InChI=1S/C7H10N2O/c8-5-4-7(10)9-6-2-1-3-6/h6H,1-4H2,(H,9,10). The average molecular weight is 138 g/mol. The maximum absolute atomic E-state index is 10.7. The summed E-state index contributed by atoms with van der Waals surface area (Å²) in [5, 5.41) is 10.9. The van der Waals surface area contributed by atoms with E-state index in [2.05, 4.69) is 5.32 Å². The van der Waals surface area contributed by atoms with E-state index < -0.39 is 0 Å². The van der Waals surface area contributed by atoms with Crippen molar-refractivity contribution < 1.29 is 4.79 Å². The van der Waals surface area contributed by atoms with Gasteiger partial charge in [-0.25, -0.2) is 0 Å². The summed E-state index contributed by atoms with van der Waals surface area (Å²) >= 11 is 0. The molecule has 1 aliphatic carbocycles. The molecule has 0 bridgehead atoms. The fraction of sp³-hybridized carbons (Fsp3) is 0.714. The van der Waals surface area contributed by atoms with Crippen molar-refractivity contribution in [3.63, 3.8) is 0 Å². The van der Waals surface area contributed by atoms with Crippen LogP contribution in [0.15, 0.2) is 0 Å². The largest absolute Gasteiger partial charge is 0.352 e. The lowest BCUT2D eigenvalue weighted by Crippen LogP contribution is -2.39. The van der Waals surface area contributed by atoms with Gasteiger partial charge in [-0.3, -0.25) is 4.79 Å². The Kier molecular flexibility index (Phi) is 2.27. The van der Waals surface area contributed by atoms with Crippen molar-refractivity contribution >= 4 is 5.91 Å². The molecule has 0 saturated heterocycles. The lowest BCUT2D eigenvalue weighted by atomic mass is 9.93. The molecule has 54 valence electrons. The Bertz CT molecular complexity index is 167. The first-order valence-electron chi connectivity index (χ1n) is 3.49. The average Bonchev–Trinajstić information content (AvgIpc) is 1.80. The van der Waals surface area contributed by atoms with Crippen LogP contribution in [0.1, 0.15) is 25.7 Å². The molecule has 1 saturated carbocycles. The number of amides is 1. The van der Waals surface area contributed by atoms with Crippen LogP contribution in [0.25, 0.3) is 0 Å². The minimum absolute atomic E-state index is 0.00347. The number of hydrogen-bond donors (Lipinski definition) is 1. The minimum Gasteiger partial charge on any atom is -0.352 e. The lowest BCUT2D eigenvalue weighted by molar-refractivity contribution is -0.121. The van der Waals surface area contributed by atoms with E-state index in [1.54, 1.807) is 0 Å². The molecule has 1 N–H and O–H groups in total. The van der Waals surface area contributed by atoms with Gasteiger partial charge in [-0.2, -0.15) is 5.26 Å². The van der Waals surface area contributed by atoms with Gasteiger partial charge in [0.2, 0.25) is 5.91 Å². The first-order chi connectivity index (χ1) is 4.83. The number of nitrogens with zero attached hydrogens (tertiary/aromatic N) is 1. The van der Waals surface area contributed by atoms with Crippen LogP contribution in [0.2, 0.25) is 0 Å². The van der Waals surface area contributed by atoms with E-state index in [1.165, 1.54) is 6.42 Å². The molecular formula is C7H10N2O. The van der Waals surface area contributed by atoms with E-state index in [-0.39, 0.29) is 12.3 Å². The molecule has 0 spiro atoms. The zero-order chi connectivity index (χ0) is 7.40. The zero-order valence-corrected chi connectivity index (χ0v) is 5.76. The molecule has 0 unspecified atom stereocenters. The van der Waals surface area contributed by atoms with Crippen molar-refractivity contribution in [3.8, 4) is 6.07 Å². The van der Waals surface area contributed by atoms with E-state index in [1.807, 2.05) is 6.07 Å². The Balaban J connectivity index is 2.12. The topological polar surface area (TPSA) is 52.9 Å². The van der Waals surface area contributed by atoms with Gasteiger partial charge in [0.05, 0.1) is 6.07 Å². The van der Waals surface area contributed by atoms with Crippen molar-refractivity contribution in [3.05, 3.63) is 0 Å². The third kappa shape index (κ3) is 1.73. The van der Waals surface area contributed by atoms with Gasteiger partial charge in [-0.05, 0) is 19.3 Å². The van der Waals surface area contributed by atoms with Gasteiger partial charge in [-0.15, -0.1) is 0 Å². The van der Waals surface area contributed by atoms with Gasteiger partial charge in [0.1, 0.15) is 6.42 Å². The minimum atomic E-state index is -0.132. The van der Waals surface area contributed by atoms with Gasteiger partial charge in [0.25, 0.3) is 0 Å². The van der Waals surface area contributed by atoms with Gasteiger partial charge in [-0.1, -0.05) is 0 Å². The fourth-order valence-corrected chi connectivity index (χ4v) is 0.903. The SMILES string of the molecule is N#CCC(=O)NC1CCC1. The van der Waals surface area contributed by atoms with E-state index in [0.717, 1.165) is 12.8 Å². The summed E-state index contributed by atoms with van der Waals surface area (Å²) in [4.78, 5) is 10.7. The number of nitrogens with one attached hydrogen (secondary N) is 1. The molecule has 0 aromatic heterocycles. The Hall–Kier alpha value is -1.04. The van der Waals surface area contributed by atoms with Gasteiger partial charge >= 0.3 is 0 Å². The molecule has 3 heteroatoms. The summed E-state index contributed by atoms with van der Waals surface area (Å²) in [5.74, 6) is -0.132. The van der Waals surface area contributed by atoms with E-state index in [4.69, 9.17) is 5.26 Å². The Morgan fingerprint density at radius 1 is 1.70 bits per heavy atom. The highest BCUT2D eigenvalue weighted by Gasteiger charge is 2.18. The number of nitriles is 1. The number of rotatable bonds is 2. The first-order valence-corrected chi connectivity index (χ1v) is 3.49. The van der Waals surface area contributed by atoms with Gasteiger partial charge in [0.15, 0.2) is 0 Å². The second-order valence-electron chi connectivity index (χ2n) is 2.53. The van der Waals surface area contributed by atoms with Gasteiger partial charge < -0.3 is 5.32 Å². The number of hydrogen-bond acceptors (Lipinski definition) is 2. The second kappa shape index (κ2) is 3.21. The van der Waals surface area contributed by atoms with Crippen LogP contribution in [-0.4, -0.2) is 11.9 Å². The third-order valence-electron chi connectivity index (χ3n) is 1.71. The van der Waals surface area contributed by atoms with Crippen LogP contribution in [-0.2, 0) is 4.79 Å². The Labute approximate surface area is 60.0 Å². The molecule has 0 aromatic carbocycles. The van der Waals surface area contributed by atoms with Crippen LogP contribution in [0, 0.1) is 11.3 Å². The molecule has 0 aromatic rings. The Morgan fingerprint density at radius 3 is 2.80 bits per heavy atom. The first kappa shape index (κ1) is 7.07. The molecule has 0 radical (unpaired) electrons. The Morgan fingerprint density at radius 2 is 2.40 bits per heavy atom. The van der Waals surface area contributed by atoms with Crippen LogP contribution in [0.4, 0.5) is 0 Å². The van der Waals surface area contributed by atoms with E-state index >= 15 is 0 Å². The van der Waals surface area contributed by atoms with Crippen molar-refractivity contribution in [1.29, 1.82) is 5.26 Å². The van der Waals surface area contributed by atoms with Crippen LogP contribution >= 0.6 is 0 Å². The van der Waals surface area contributed by atoms with Crippen molar-refractivity contribution in [2.45, 2.75) is 31.7 Å². The molecule has 1 rings (SSSR count). The summed E-state index contributed by atoms with van der Waals surface area (Å²) in [6, 6.07) is 2.17. The highest BCUT2D eigenvalue weighted by atomic mass is 16.1. The summed E-state index contributed by atoms with van der Waals surface area (Å²) in [5.41, 5.74) is 0. The molecule has 0 atom stereocenters. The molecule has 10 heavy (non-hydrogen) atoms. The van der Waals surface area contributed by atoms with Crippen molar-refractivity contribution in [2.24, 2.45) is 0 Å². The molecule has 0 heterocycles. The maximum atomic E-state index is 10.7. The predicted molar refractivity (Wildman–Crippen MR) is 36.0 cm³/mol. The van der Waals surface area contributed by atoms with Crippen LogP contribution in [0.5, 0.6) is 0 Å². The van der Waals surface area contributed by atoms with E-state index in [0.29, 0.717) is 6.04 Å². The predicted octanol–water partition coefficient (Wildman–Crippen LogP) is 0.569. The lowest BCUT2D eigenvalue weighted by Gasteiger charge is -2.25. The molecule has 1 aliphatic rings.